The van der Waals surface area contributed by atoms with E-state index in [1.807, 2.05) is 13.0 Å². The highest BCUT2D eigenvalue weighted by Crippen LogP contribution is 2.26. The van der Waals surface area contributed by atoms with Gasteiger partial charge in [-0.3, -0.25) is 4.79 Å². The topological polar surface area (TPSA) is 73.5 Å². The molecule has 0 aromatic carbocycles. The molecule has 2 atom stereocenters. The third-order valence-electron chi connectivity index (χ3n) is 4.96. The lowest BCUT2D eigenvalue weighted by Crippen LogP contribution is -2.42. The van der Waals surface area contributed by atoms with Gasteiger partial charge in [0.15, 0.2) is 5.58 Å². The van der Waals surface area contributed by atoms with Crippen molar-refractivity contribution in [2.24, 2.45) is 5.92 Å². The second-order valence-corrected chi connectivity index (χ2v) is 6.88. The molecule has 2 heterocycles. The molecule has 0 spiro atoms. The van der Waals surface area contributed by atoms with Crippen LogP contribution in [0.5, 0.6) is 0 Å². The molecule has 3 rings (SSSR count). The monoisotopic (exact) mass is 346 g/mol. The number of ether oxygens (including phenoxy) is 1. The number of hydrogen-bond donors (Lipinski definition) is 1. The molecule has 0 bridgehead atoms. The Morgan fingerprint density at radius 1 is 1.32 bits per heavy atom. The molecule has 1 N–H and O–H groups in total. The normalized spacial score (nSPS) is 20.6. The summed E-state index contributed by atoms with van der Waals surface area (Å²) in [6.45, 7) is 6.16. The van der Waals surface area contributed by atoms with Crippen molar-refractivity contribution in [2.45, 2.75) is 59.0 Å². The van der Waals surface area contributed by atoms with Gasteiger partial charge in [0.2, 0.25) is 5.91 Å². The summed E-state index contributed by atoms with van der Waals surface area (Å²) in [7, 11) is 0. The van der Waals surface area contributed by atoms with Crippen molar-refractivity contribution in [3.8, 4) is 0 Å². The van der Waals surface area contributed by atoms with Gasteiger partial charge in [-0.05, 0) is 32.6 Å². The maximum Gasteiger partial charge on any atom is 0.355 e. The van der Waals surface area contributed by atoms with Crippen LogP contribution >= 0.6 is 0 Å². The van der Waals surface area contributed by atoms with E-state index in [1.165, 1.54) is 6.42 Å². The number of rotatable bonds is 5. The number of hydrogen-bond acceptors (Lipinski definition) is 4. The van der Waals surface area contributed by atoms with Gasteiger partial charge in [0.1, 0.15) is 18.0 Å². The van der Waals surface area contributed by atoms with Crippen LogP contribution in [0.2, 0.25) is 0 Å². The summed E-state index contributed by atoms with van der Waals surface area (Å²) in [5, 5.41) is 3.13. The van der Waals surface area contributed by atoms with Gasteiger partial charge >= 0.3 is 5.97 Å². The number of nitrogens with zero attached hydrogens (tertiary/aromatic N) is 1. The van der Waals surface area contributed by atoms with Crippen molar-refractivity contribution in [3.05, 3.63) is 23.6 Å². The van der Waals surface area contributed by atoms with Crippen LogP contribution in [0, 0.1) is 12.8 Å². The van der Waals surface area contributed by atoms with E-state index in [0.29, 0.717) is 17.2 Å². The van der Waals surface area contributed by atoms with Gasteiger partial charge in [-0.2, -0.15) is 0 Å². The van der Waals surface area contributed by atoms with Gasteiger partial charge in [-0.1, -0.05) is 19.8 Å². The van der Waals surface area contributed by atoms with E-state index in [0.717, 1.165) is 30.5 Å². The minimum absolute atomic E-state index is 0.0827. The molecule has 2 aromatic rings. The number of esters is 1. The molecule has 2 unspecified atom stereocenters. The molecule has 136 valence electrons. The average Bonchev–Trinajstić information content (AvgIpc) is 3.07. The fraction of sp³-hybridized carbons (Fsp3) is 0.579. The maximum absolute atomic E-state index is 12.6. The standard InChI is InChI=1S/C19H26N2O4/c1-4-24-19(23)16-10-17-15(9-13(3)25-17)21(16)11-18(22)20-14-8-6-5-7-12(14)2/h9-10,12,14H,4-8,11H2,1-3H3,(H,20,22). The molecule has 1 fully saturated rings. The van der Waals surface area contributed by atoms with E-state index < -0.39 is 5.97 Å². The Kier molecular flexibility index (Phi) is 5.16. The Morgan fingerprint density at radius 3 is 2.80 bits per heavy atom. The number of nitrogens with one attached hydrogen (secondary N) is 1. The van der Waals surface area contributed by atoms with E-state index in [2.05, 4.69) is 12.2 Å². The fourth-order valence-electron chi connectivity index (χ4n) is 3.64. The smallest absolute Gasteiger partial charge is 0.355 e. The Balaban J connectivity index is 1.82. The van der Waals surface area contributed by atoms with Crippen molar-refractivity contribution >= 4 is 23.0 Å². The number of furan rings is 1. The molecule has 25 heavy (non-hydrogen) atoms. The fourth-order valence-corrected chi connectivity index (χ4v) is 3.64. The number of aromatic nitrogens is 1. The third kappa shape index (κ3) is 3.72. The molecular weight excluding hydrogens is 320 g/mol. The molecule has 6 nitrogen and oxygen atoms in total. The Morgan fingerprint density at radius 2 is 2.08 bits per heavy atom. The Bertz CT molecular complexity index is 774. The molecule has 2 aromatic heterocycles. The minimum Gasteiger partial charge on any atom is -0.461 e. The van der Waals surface area contributed by atoms with Gasteiger partial charge in [0.25, 0.3) is 0 Å². The van der Waals surface area contributed by atoms with Crippen LogP contribution in [0.25, 0.3) is 11.1 Å². The van der Waals surface area contributed by atoms with Crippen LogP contribution in [0.15, 0.2) is 16.5 Å². The minimum atomic E-state index is -0.439. The Labute approximate surface area is 147 Å². The van der Waals surface area contributed by atoms with Crippen molar-refractivity contribution in [3.63, 3.8) is 0 Å². The SMILES string of the molecule is CCOC(=O)c1cc2oc(C)cc2n1CC(=O)NC1CCCCC1C. The summed E-state index contributed by atoms with van der Waals surface area (Å²) in [5.41, 5.74) is 1.69. The van der Waals surface area contributed by atoms with Crippen LogP contribution in [-0.4, -0.2) is 29.1 Å². The van der Waals surface area contributed by atoms with E-state index in [9.17, 15) is 9.59 Å². The van der Waals surface area contributed by atoms with E-state index in [4.69, 9.17) is 9.15 Å². The molecular formula is C19H26N2O4. The largest absolute Gasteiger partial charge is 0.461 e. The molecule has 6 heteroatoms. The number of carbonyl (C=O) groups is 2. The second kappa shape index (κ2) is 7.33. The molecule has 0 aliphatic heterocycles. The number of aryl methyl sites for hydroxylation is 1. The van der Waals surface area contributed by atoms with Crippen LogP contribution in [0.3, 0.4) is 0 Å². The number of amides is 1. The third-order valence-corrected chi connectivity index (χ3v) is 4.96. The molecule has 1 aliphatic carbocycles. The van der Waals surface area contributed by atoms with E-state index >= 15 is 0 Å². The average molecular weight is 346 g/mol. The van der Waals surface area contributed by atoms with E-state index in [1.54, 1.807) is 17.6 Å². The Hall–Kier alpha value is -2.24. The predicted octanol–water partition coefficient (Wildman–Crippen LogP) is 3.41. The van der Waals surface area contributed by atoms with Crippen LogP contribution < -0.4 is 5.32 Å². The zero-order valence-corrected chi connectivity index (χ0v) is 15.1. The summed E-state index contributed by atoms with van der Waals surface area (Å²) in [4.78, 5) is 24.8. The summed E-state index contributed by atoms with van der Waals surface area (Å²) in [6, 6.07) is 3.70. The van der Waals surface area contributed by atoms with Gasteiger partial charge in [-0.15, -0.1) is 0 Å². The van der Waals surface area contributed by atoms with Gasteiger partial charge < -0.3 is 19.0 Å². The number of carbonyl (C=O) groups excluding carboxylic acids is 2. The lowest BCUT2D eigenvalue weighted by Gasteiger charge is -2.29. The van der Waals surface area contributed by atoms with Crippen molar-refractivity contribution in [1.82, 2.24) is 9.88 Å². The first-order valence-electron chi connectivity index (χ1n) is 9.05. The predicted molar refractivity (Wildman–Crippen MR) is 94.5 cm³/mol. The highest BCUT2D eigenvalue weighted by Gasteiger charge is 2.25. The highest BCUT2D eigenvalue weighted by molar-refractivity contribution is 5.95. The maximum atomic E-state index is 12.6. The quantitative estimate of drug-likeness (QED) is 0.842. The van der Waals surface area contributed by atoms with Gasteiger partial charge in [-0.25, -0.2) is 4.79 Å². The van der Waals surface area contributed by atoms with Gasteiger partial charge in [0.05, 0.1) is 12.1 Å². The number of fused-ring (bicyclic) bond motifs is 1. The summed E-state index contributed by atoms with van der Waals surface area (Å²) in [6.07, 6.45) is 4.54. The van der Waals surface area contributed by atoms with Gasteiger partial charge in [0, 0.05) is 18.2 Å². The lowest BCUT2D eigenvalue weighted by atomic mass is 9.86. The first-order valence-corrected chi connectivity index (χ1v) is 9.05. The first-order chi connectivity index (χ1) is 12.0. The molecule has 0 saturated heterocycles. The van der Waals surface area contributed by atoms with Crippen LogP contribution in [0.4, 0.5) is 0 Å². The zero-order chi connectivity index (χ0) is 18.0. The van der Waals surface area contributed by atoms with Crippen molar-refractivity contribution in [2.75, 3.05) is 6.61 Å². The molecule has 0 radical (unpaired) electrons. The zero-order valence-electron chi connectivity index (χ0n) is 15.1. The first kappa shape index (κ1) is 17.6. The molecule has 1 saturated carbocycles. The highest BCUT2D eigenvalue weighted by atomic mass is 16.5. The second-order valence-electron chi connectivity index (χ2n) is 6.88. The van der Waals surface area contributed by atoms with Crippen LogP contribution in [-0.2, 0) is 16.1 Å². The molecule has 1 amide bonds. The summed E-state index contributed by atoms with van der Waals surface area (Å²) >= 11 is 0. The summed E-state index contributed by atoms with van der Waals surface area (Å²) in [5.74, 6) is 0.713. The molecule has 1 aliphatic rings. The van der Waals surface area contributed by atoms with Crippen LogP contribution in [0.1, 0.15) is 55.8 Å². The summed E-state index contributed by atoms with van der Waals surface area (Å²) < 4.78 is 12.4. The van der Waals surface area contributed by atoms with Crippen molar-refractivity contribution in [1.29, 1.82) is 0 Å². The van der Waals surface area contributed by atoms with E-state index in [-0.39, 0.29) is 25.1 Å². The lowest BCUT2D eigenvalue weighted by molar-refractivity contribution is -0.122. The van der Waals surface area contributed by atoms with Crippen molar-refractivity contribution < 1.29 is 18.7 Å².